The van der Waals surface area contributed by atoms with Crippen molar-refractivity contribution in [3.63, 3.8) is 0 Å². The number of ether oxygens (including phenoxy) is 3. The van der Waals surface area contributed by atoms with E-state index in [4.69, 9.17) is 14.2 Å². The SMILES string of the molecule is COCC(C)OCCC1CCCC1(NC(C)C)C(=O)OC. The van der Waals surface area contributed by atoms with Crippen molar-refractivity contribution in [3.8, 4) is 0 Å². The van der Waals surface area contributed by atoms with Gasteiger partial charge in [0.1, 0.15) is 5.54 Å². The minimum Gasteiger partial charge on any atom is -0.468 e. The second kappa shape index (κ2) is 8.71. The largest absolute Gasteiger partial charge is 0.468 e. The fraction of sp³-hybridized carbons (Fsp3) is 0.938. The van der Waals surface area contributed by atoms with Crippen LogP contribution in [0.4, 0.5) is 0 Å². The van der Waals surface area contributed by atoms with Gasteiger partial charge in [-0.15, -0.1) is 0 Å². The van der Waals surface area contributed by atoms with Gasteiger partial charge in [-0.1, -0.05) is 6.42 Å². The van der Waals surface area contributed by atoms with Crippen molar-refractivity contribution in [2.75, 3.05) is 27.4 Å². The molecule has 0 aromatic rings. The quantitative estimate of drug-likeness (QED) is 0.661. The number of hydrogen-bond donors (Lipinski definition) is 1. The van der Waals surface area contributed by atoms with Crippen LogP contribution in [0.5, 0.6) is 0 Å². The Bertz CT molecular complexity index is 321. The number of hydrogen-bond acceptors (Lipinski definition) is 5. The molecule has 1 rings (SSSR count). The molecule has 3 unspecified atom stereocenters. The van der Waals surface area contributed by atoms with Gasteiger partial charge < -0.3 is 14.2 Å². The summed E-state index contributed by atoms with van der Waals surface area (Å²) in [6.07, 6.45) is 3.88. The van der Waals surface area contributed by atoms with Crippen LogP contribution in [0.3, 0.4) is 0 Å². The summed E-state index contributed by atoms with van der Waals surface area (Å²) in [4.78, 5) is 12.3. The van der Waals surface area contributed by atoms with Gasteiger partial charge in [0.25, 0.3) is 0 Å². The van der Waals surface area contributed by atoms with E-state index in [1.807, 2.05) is 6.92 Å². The van der Waals surface area contributed by atoms with E-state index >= 15 is 0 Å². The van der Waals surface area contributed by atoms with E-state index in [0.717, 1.165) is 25.7 Å². The molecule has 1 aliphatic carbocycles. The molecular formula is C16H31NO4. The first kappa shape index (κ1) is 18.4. The number of methoxy groups -OCH3 is 2. The van der Waals surface area contributed by atoms with E-state index in [0.29, 0.717) is 13.2 Å². The van der Waals surface area contributed by atoms with Gasteiger partial charge in [-0.2, -0.15) is 0 Å². The Morgan fingerprint density at radius 3 is 2.62 bits per heavy atom. The van der Waals surface area contributed by atoms with E-state index in [2.05, 4.69) is 19.2 Å². The van der Waals surface area contributed by atoms with Crippen LogP contribution >= 0.6 is 0 Å². The molecule has 0 spiro atoms. The third kappa shape index (κ3) is 4.94. The number of esters is 1. The summed E-state index contributed by atoms with van der Waals surface area (Å²) in [7, 11) is 3.14. The van der Waals surface area contributed by atoms with E-state index in [9.17, 15) is 4.79 Å². The first-order valence-corrected chi connectivity index (χ1v) is 7.93. The lowest BCUT2D eigenvalue weighted by molar-refractivity contribution is -0.151. The average Bonchev–Trinajstić information content (AvgIpc) is 2.81. The Morgan fingerprint density at radius 2 is 2.05 bits per heavy atom. The summed E-state index contributed by atoms with van der Waals surface area (Å²) < 4.78 is 15.9. The van der Waals surface area contributed by atoms with Crippen LogP contribution in [0.15, 0.2) is 0 Å². The van der Waals surface area contributed by atoms with Crippen molar-refractivity contribution in [2.45, 2.75) is 64.1 Å². The summed E-state index contributed by atoms with van der Waals surface area (Å²) in [6.45, 7) is 7.37. The summed E-state index contributed by atoms with van der Waals surface area (Å²) in [5.41, 5.74) is -0.545. The van der Waals surface area contributed by atoms with Crippen molar-refractivity contribution in [2.24, 2.45) is 5.92 Å². The zero-order valence-corrected chi connectivity index (χ0v) is 14.1. The van der Waals surface area contributed by atoms with E-state index in [1.54, 1.807) is 7.11 Å². The normalized spacial score (nSPS) is 27.0. The van der Waals surface area contributed by atoms with Crippen LogP contribution in [-0.4, -0.2) is 51.1 Å². The lowest BCUT2D eigenvalue weighted by Crippen LogP contribution is -2.57. The lowest BCUT2D eigenvalue weighted by atomic mass is 9.84. The topological polar surface area (TPSA) is 56.8 Å². The lowest BCUT2D eigenvalue weighted by Gasteiger charge is -2.35. The Balaban J connectivity index is 2.63. The van der Waals surface area contributed by atoms with Crippen molar-refractivity contribution in [1.29, 1.82) is 0 Å². The number of carbonyl (C=O) groups excluding carboxylic acids is 1. The van der Waals surface area contributed by atoms with Crippen molar-refractivity contribution >= 4 is 5.97 Å². The number of rotatable bonds is 9. The first-order chi connectivity index (χ1) is 9.96. The summed E-state index contributed by atoms with van der Waals surface area (Å²) in [5, 5.41) is 3.46. The fourth-order valence-electron chi connectivity index (χ4n) is 3.38. The van der Waals surface area contributed by atoms with Gasteiger partial charge in [0.15, 0.2) is 0 Å². The average molecular weight is 301 g/mol. The Kier molecular flexibility index (Phi) is 7.63. The molecule has 0 saturated heterocycles. The molecule has 0 aromatic carbocycles. The molecule has 0 heterocycles. The summed E-state index contributed by atoms with van der Waals surface area (Å²) >= 11 is 0. The molecule has 1 N–H and O–H groups in total. The molecule has 3 atom stereocenters. The molecule has 124 valence electrons. The third-order valence-corrected chi connectivity index (χ3v) is 4.19. The first-order valence-electron chi connectivity index (χ1n) is 7.93. The van der Waals surface area contributed by atoms with Crippen LogP contribution in [-0.2, 0) is 19.0 Å². The number of carbonyl (C=O) groups is 1. The van der Waals surface area contributed by atoms with Gasteiger partial charge >= 0.3 is 5.97 Å². The van der Waals surface area contributed by atoms with Gasteiger partial charge in [0, 0.05) is 19.8 Å². The van der Waals surface area contributed by atoms with E-state index in [1.165, 1.54) is 7.11 Å². The van der Waals surface area contributed by atoms with E-state index < -0.39 is 5.54 Å². The molecule has 0 radical (unpaired) electrons. The maximum absolute atomic E-state index is 12.3. The highest BCUT2D eigenvalue weighted by atomic mass is 16.5. The van der Waals surface area contributed by atoms with Crippen LogP contribution in [0.25, 0.3) is 0 Å². The van der Waals surface area contributed by atoms with Gasteiger partial charge in [-0.25, -0.2) is 0 Å². The second-order valence-electron chi connectivity index (χ2n) is 6.28. The Labute approximate surface area is 128 Å². The summed E-state index contributed by atoms with van der Waals surface area (Å²) in [6, 6.07) is 0.248. The van der Waals surface area contributed by atoms with Gasteiger partial charge in [0.2, 0.25) is 0 Å². The molecule has 0 aromatic heterocycles. The zero-order valence-electron chi connectivity index (χ0n) is 14.1. The molecule has 0 amide bonds. The second-order valence-corrected chi connectivity index (χ2v) is 6.28. The monoisotopic (exact) mass is 301 g/mol. The molecule has 21 heavy (non-hydrogen) atoms. The predicted molar refractivity (Wildman–Crippen MR) is 82.3 cm³/mol. The molecule has 5 nitrogen and oxygen atoms in total. The third-order valence-electron chi connectivity index (χ3n) is 4.19. The predicted octanol–water partition coefficient (Wildman–Crippen LogP) is 2.14. The van der Waals surface area contributed by atoms with Crippen molar-refractivity contribution < 1.29 is 19.0 Å². The van der Waals surface area contributed by atoms with Gasteiger partial charge in [0.05, 0.1) is 19.8 Å². The smallest absolute Gasteiger partial charge is 0.326 e. The Hall–Kier alpha value is -0.650. The zero-order chi connectivity index (χ0) is 15.9. The van der Waals surface area contributed by atoms with E-state index in [-0.39, 0.29) is 24.0 Å². The summed E-state index contributed by atoms with van der Waals surface area (Å²) in [5.74, 6) is 0.130. The van der Waals surface area contributed by atoms with Crippen LogP contribution < -0.4 is 5.32 Å². The van der Waals surface area contributed by atoms with Crippen molar-refractivity contribution in [3.05, 3.63) is 0 Å². The fourth-order valence-corrected chi connectivity index (χ4v) is 3.38. The highest BCUT2D eigenvalue weighted by molar-refractivity contribution is 5.81. The van der Waals surface area contributed by atoms with Gasteiger partial charge in [-0.05, 0) is 46.0 Å². The van der Waals surface area contributed by atoms with Crippen LogP contribution in [0.1, 0.15) is 46.5 Å². The Morgan fingerprint density at radius 1 is 1.33 bits per heavy atom. The highest BCUT2D eigenvalue weighted by Gasteiger charge is 2.49. The molecule has 5 heteroatoms. The molecule has 1 saturated carbocycles. The highest BCUT2D eigenvalue weighted by Crippen LogP contribution is 2.39. The molecular weight excluding hydrogens is 270 g/mol. The van der Waals surface area contributed by atoms with Crippen molar-refractivity contribution in [1.82, 2.24) is 5.32 Å². The maximum atomic E-state index is 12.3. The molecule has 1 aliphatic rings. The minimum atomic E-state index is -0.545. The molecule has 0 aliphatic heterocycles. The van der Waals surface area contributed by atoms with Crippen LogP contribution in [0.2, 0.25) is 0 Å². The number of nitrogens with one attached hydrogen (secondary N) is 1. The maximum Gasteiger partial charge on any atom is 0.326 e. The standard InChI is InChI=1S/C16H31NO4/c1-12(2)17-16(15(18)20-5)9-6-7-14(16)8-10-21-13(3)11-19-4/h12-14,17H,6-11H2,1-5H3. The molecule has 0 bridgehead atoms. The molecule has 1 fully saturated rings. The van der Waals surface area contributed by atoms with Gasteiger partial charge in [-0.3, -0.25) is 10.1 Å². The van der Waals surface area contributed by atoms with Crippen LogP contribution in [0, 0.1) is 5.92 Å². The minimum absolute atomic E-state index is 0.0852.